The van der Waals surface area contributed by atoms with E-state index in [1.807, 2.05) is 66.7 Å². The standard InChI is InChI=1S/C35H44O7/c1-19(2)9-8-10-22(7)13-16-25-30(38)23(14-11-20(3)4)17-26(31(25)39)35-33(41)32(40)29-28(37)18-27(36)24(34(29)42-35)15-12-21(5)6/h9,11-13,17-18,33,35-39,41H,8,10,14-16H2,1-7H3/b22-13+/t33-,35+/m1/s1. The third-order valence-electron chi connectivity index (χ3n) is 7.36. The number of carbonyl (C=O) groups excluding carboxylic acids is 1. The second-order valence-electron chi connectivity index (χ2n) is 11.8. The molecule has 0 aromatic heterocycles. The number of fused-ring (bicyclic) bond motifs is 1. The number of carbonyl (C=O) groups is 1. The third-order valence-corrected chi connectivity index (χ3v) is 7.36. The molecule has 0 fully saturated rings. The van der Waals surface area contributed by atoms with Gasteiger partial charge in [0.05, 0.1) is 0 Å². The van der Waals surface area contributed by atoms with Crippen LogP contribution >= 0.6 is 0 Å². The van der Waals surface area contributed by atoms with Crippen LogP contribution in [0, 0.1) is 0 Å². The molecule has 2 aromatic carbocycles. The topological polar surface area (TPSA) is 127 Å². The van der Waals surface area contributed by atoms with Crippen molar-refractivity contribution in [3.05, 3.63) is 86.5 Å². The largest absolute Gasteiger partial charge is 0.507 e. The summed E-state index contributed by atoms with van der Waals surface area (Å²) in [6, 6.07) is 2.62. The van der Waals surface area contributed by atoms with Crippen molar-refractivity contribution in [2.45, 2.75) is 92.8 Å². The van der Waals surface area contributed by atoms with Crippen molar-refractivity contribution in [3.8, 4) is 28.7 Å². The number of rotatable bonds is 10. The predicted octanol–water partition coefficient (Wildman–Crippen LogP) is 7.44. The molecular weight excluding hydrogens is 532 g/mol. The third kappa shape index (κ3) is 7.45. The van der Waals surface area contributed by atoms with Crippen LogP contribution in [0.3, 0.4) is 0 Å². The molecule has 0 radical (unpaired) electrons. The number of ketones is 1. The van der Waals surface area contributed by atoms with Crippen LogP contribution in [0.15, 0.2) is 58.7 Å². The first-order valence-corrected chi connectivity index (χ1v) is 14.3. The number of hydrogen-bond acceptors (Lipinski definition) is 7. The van der Waals surface area contributed by atoms with Gasteiger partial charge in [-0.1, -0.05) is 46.6 Å². The summed E-state index contributed by atoms with van der Waals surface area (Å²) < 4.78 is 6.18. The summed E-state index contributed by atoms with van der Waals surface area (Å²) in [7, 11) is 0. The zero-order valence-electron chi connectivity index (χ0n) is 25.7. The van der Waals surface area contributed by atoms with Crippen LogP contribution in [0.5, 0.6) is 28.7 Å². The van der Waals surface area contributed by atoms with Gasteiger partial charge >= 0.3 is 0 Å². The molecule has 0 unspecified atom stereocenters. The normalized spacial score (nSPS) is 16.4. The van der Waals surface area contributed by atoms with Crippen molar-refractivity contribution >= 4 is 5.78 Å². The maximum atomic E-state index is 13.4. The molecule has 3 rings (SSSR count). The van der Waals surface area contributed by atoms with E-state index in [0.717, 1.165) is 35.6 Å². The summed E-state index contributed by atoms with van der Waals surface area (Å²) in [6.07, 6.45) is 7.33. The first kappa shape index (κ1) is 32.5. The Kier molecular flexibility index (Phi) is 10.7. The zero-order chi connectivity index (χ0) is 31.3. The lowest BCUT2D eigenvalue weighted by molar-refractivity contribution is 0.0198. The Hall–Kier alpha value is -3.97. The lowest BCUT2D eigenvalue weighted by Crippen LogP contribution is -2.37. The van der Waals surface area contributed by atoms with E-state index < -0.39 is 23.7 Å². The maximum Gasteiger partial charge on any atom is 0.202 e. The van der Waals surface area contributed by atoms with Gasteiger partial charge in [-0.05, 0) is 92.2 Å². The van der Waals surface area contributed by atoms with E-state index in [1.165, 1.54) is 5.57 Å². The number of ether oxygens (including phenoxy) is 1. The number of hydrogen-bond donors (Lipinski definition) is 5. The summed E-state index contributed by atoms with van der Waals surface area (Å²) in [4.78, 5) is 13.4. The Morgan fingerprint density at radius 2 is 1.36 bits per heavy atom. The number of benzene rings is 2. The highest BCUT2D eigenvalue weighted by Crippen LogP contribution is 2.48. The van der Waals surface area contributed by atoms with Crippen LogP contribution in [0.4, 0.5) is 0 Å². The number of aliphatic hydroxyl groups is 1. The minimum atomic E-state index is -1.75. The van der Waals surface area contributed by atoms with E-state index in [2.05, 4.69) is 6.08 Å². The van der Waals surface area contributed by atoms with E-state index in [-0.39, 0.29) is 58.1 Å². The molecule has 7 heteroatoms. The first-order chi connectivity index (χ1) is 19.7. The Balaban J connectivity index is 2.16. The summed E-state index contributed by atoms with van der Waals surface area (Å²) in [6.45, 7) is 13.8. The minimum absolute atomic E-state index is 0.0415. The molecule has 0 amide bonds. The smallest absolute Gasteiger partial charge is 0.202 e. The van der Waals surface area contributed by atoms with Crippen LogP contribution < -0.4 is 4.74 Å². The second-order valence-corrected chi connectivity index (χ2v) is 11.8. The van der Waals surface area contributed by atoms with E-state index >= 15 is 0 Å². The maximum absolute atomic E-state index is 13.4. The molecule has 0 spiro atoms. The fourth-order valence-electron chi connectivity index (χ4n) is 4.91. The molecule has 1 heterocycles. The SMILES string of the molecule is CC(C)=CCC/C(C)=C/Cc1c(O)c(CC=C(C)C)cc([C@@H]2Oc3c(CC=C(C)C)c(O)cc(O)c3C(=O)[C@H]2O)c1O. The average Bonchev–Trinajstić information content (AvgIpc) is 2.89. The molecule has 0 saturated heterocycles. The summed E-state index contributed by atoms with van der Waals surface area (Å²) >= 11 is 0. The molecule has 2 aromatic rings. The minimum Gasteiger partial charge on any atom is -0.507 e. The van der Waals surface area contributed by atoms with Crippen molar-refractivity contribution < 1.29 is 35.1 Å². The lowest BCUT2D eigenvalue weighted by atomic mass is 9.87. The van der Waals surface area contributed by atoms with Gasteiger partial charge in [-0.15, -0.1) is 0 Å². The van der Waals surface area contributed by atoms with Crippen LogP contribution in [0.2, 0.25) is 0 Å². The molecule has 2 atom stereocenters. The number of phenols is 4. The number of aromatic hydroxyl groups is 4. The zero-order valence-corrected chi connectivity index (χ0v) is 25.7. The fraction of sp³-hybridized carbons (Fsp3) is 0.400. The number of aliphatic hydroxyl groups excluding tert-OH is 1. The molecule has 226 valence electrons. The van der Waals surface area contributed by atoms with Gasteiger partial charge in [0.1, 0.15) is 34.3 Å². The van der Waals surface area contributed by atoms with E-state index in [1.54, 1.807) is 6.07 Å². The lowest BCUT2D eigenvalue weighted by Gasteiger charge is -2.32. The summed E-state index contributed by atoms with van der Waals surface area (Å²) in [5, 5.41) is 55.0. The van der Waals surface area contributed by atoms with Gasteiger partial charge < -0.3 is 30.3 Å². The number of phenolic OH excluding ortho intramolecular Hbond substituents is 4. The summed E-state index contributed by atoms with van der Waals surface area (Å²) in [5.41, 5.74) is 5.32. The van der Waals surface area contributed by atoms with Gasteiger partial charge in [0, 0.05) is 22.8 Å². The highest BCUT2D eigenvalue weighted by molar-refractivity contribution is 6.06. The van der Waals surface area contributed by atoms with Crippen LogP contribution in [0.25, 0.3) is 0 Å². The number of allylic oxidation sites excluding steroid dienone is 8. The fourth-order valence-corrected chi connectivity index (χ4v) is 4.91. The van der Waals surface area contributed by atoms with Gasteiger partial charge in [-0.3, -0.25) is 4.79 Å². The van der Waals surface area contributed by atoms with Crippen LogP contribution in [0.1, 0.15) is 100 Å². The molecule has 0 aliphatic carbocycles. The van der Waals surface area contributed by atoms with Gasteiger partial charge in [-0.25, -0.2) is 0 Å². The molecule has 0 saturated carbocycles. The molecule has 1 aliphatic rings. The van der Waals surface area contributed by atoms with Gasteiger partial charge in [0.25, 0.3) is 0 Å². The monoisotopic (exact) mass is 576 g/mol. The quantitative estimate of drug-likeness (QED) is 0.186. The van der Waals surface area contributed by atoms with Crippen molar-refractivity contribution in [2.75, 3.05) is 0 Å². The predicted molar refractivity (Wildman–Crippen MR) is 166 cm³/mol. The Labute approximate surface area is 248 Å². The average molecular weight is 577 g/mol. The van der Waals surface area contributed by atoms with Crippen LogP contribution in [-0.4, -0.2) is 37.4 Å². The molecule has 42 heavy (non-hydrogen) atoms. The van der Waals surface area contributed by atoms with Crippen molar-refractivity contribution in [2.24, 2.45) is 0 Å². The van der Waals surface area contributed by atoms with Crippen LogP contribution in [-0.2, 0) is 19.3 Å². The molecule has 5 N–H and O–H groups in total. The van der Waals surface area contributed by atoms with E-state index in [4.69, 9.17) is 4.74 Å². The summed E-state index contributed by atoms with van der Waals surface area (Å²) in [5.74, 6) is -1.91. The van der Waals surface area contributed by atoms with E-state index in [0.29, 0.717) is 12.0 Å². The van der Waals surface area contributed by atoms with Crippen molar-refractivity contribution in [1.29, 1.82) is 0 Å². The van der Waals surface area contributed by atoms with Crippen molar-refractivity contribution in [3.63, 3.8) is 0 Å². The highest BCUT2D eigenvalue weighted by Gasteiger charge is 2.42. The molecule has 7 nitrogen and oxygen atoms in total. The van der Waals surface area contributed by atoms with Crippen molar-refractivity contribution in [1.82, 2.24) is 0 Å². The molecule has 1 aliphatic heterocycles. The molecule has 0 bridgehead atoms. The van der Waals surface area contributed by atoms with Gasteiger partial charge in [0.2, 0.25) is 5.78 Å². The Bertz CT molecular complexity index is 1460. The highest BCUT2D eigenvalue weighted by atomic mass is 16.5. The van der Waals surface area contributed by atoms with Gasteiger partial charge in [0.15, 0.2) is 12.2 Å². The van der Waals surface area contributed by atoms with Gasteiger partial charge in [-0.2, -0.15) is 0 Å². The number of Topliss-reactive ketones (excluding diaryl/α,β-unsaturated/α-hetero) is 1. The first-order valence-electron chi connectivity index (χ1n) is 14.3. The Morgan fingerprint density at radius 3 is 1.98 bits per heavy atom. The molecular formula is C35H44O7. The Morgan fingerprint density at radius 1 is 0.762 bits per heavy atom. The van der Waals surface area contributed by atoms with E-state index in [9.17, 15) is 30.3 Å². The second kappa shape index (κ2) is 13.8.